The van der Waals surface area contributed by atoms with Crippen molar-refractivity contribution in [2.45, 2.75) is 6.92 Å². The molecular formula is C23H23N3O3S. The van der Waals surface area contributed by atoms with E-state index in [9.17, 15) is 0 Å². The van der Waals surface area contributed by atoms with Crippen LogP contribution in [0.4, 0.5) is 0 Å². The molecule has 0 bridgehead atoms. The minimum atomic E-state index is 0.518. The Balaban J connectivity index is 1.82. The van der Waals surface area contributed by atoms with Crippen LogP contribution >= 0.6 is 11.3 Å². The van der Waals surface area contributed by atoms with E-state index in [-0.39, 0.29) is 0 Å². The molecule has 0 aliphatic carbocycles. The summed E-state index contributed by atoms with van der Waals surface area (Å²) in [5, 5.41) is 6.95. The molecule has 0 fully saturated rings. The average molecular weight is 422 g/mol. The SMILES string of the molecule is C=CCN=c1scc(-c2ccccc2OC)n1N=C(C)c1ccc2c(c1)OCCO2. The van der Waals surface area contributed by atoms with Gasteiger partial charge in [-0.05, 0) is 37.3 Å². The molecule has 1 aromatic heterocycles. The van der Waals surface area contributed by atoms with Crippen molar-refractivity contribution in [1.29, 1.82) is 0 Å². The zero-order chi connectivity index (χ0) is 20.9. The summed E-state index contributed by atoms with van der Waals surface area (Å²) in [6, 6.07) is 13.8. The molecule has 0 amide bonds. The van der Waals surface area contributed by atoms with E-state index in [4.69, 9.17) is 19.3 Å². The summed E-state index contributed by atoms with van der Waals surface area (Å²) < 4.78 is 18.8. The van der Waals surface area contributed by atoms with Gasteiger partial charge in [-0.15, -0.1) is 17.9 Å². The second kappa shape index (κ2) is 9.00. The van der Waals surface area contributed by atoms with Crippen molar-refractivity contribution >= 4 is 17.0 Å². The third-order valence-corrected chi connectivity index (χ3v) is 5.49. The Morgan fingerprint density at radius 2 is 2.00 bits per heavy atom. The molecular weight excluding hydrogens is 398 g/mol. The fraction of sp³-hybridized carbons (Fsp3) is 0.217. The van der Waals surface area contributed by atoms with Gasteiger partial charge in [-0.3, -0.25) is 4.99 Å². The first-order valence-corrected chi connectivity index (χ1v) is 10.5. The smallest absolute Gasteiger partial charge is 0.206 e. The second-order valence-electron chi connectivity index (χ2n) is 6.59. The van der Waals surface area contributed by atoms with E-state index < -0.39 is 0 Å². The molecule has 4 rings (SSSR count). The van der Waals surface area contributed by atoms with E-state index in [2.05, 4.69) is 11.6 Å². The number of aromatic nitrogens is 1. The summed E-state index contributed by atoms with van der Waals surface area (Å²) in [4.78, 5) is 5.40. The minimum absolute atomic E-state index is 0.518. The Kier molecular flexibility index (Phi) is 5.99. The van der Waals surface area contributed by atoms with E-state index in [1.54, 1.807) is 13.2 Å². The van der Waals surface area contributed by atoms with Crippen molar-refractivity contribution in [3.05, 3.63) is 70.9 Å². The van der Waals surface area contributed by atoms with Gasteiger partial charge in [0.05, 0.1) is 25.1 Å². The Hall–Kier alpha value is -3.32. The molecule has 1 aliphatic heterocycles. The third-order valence-electron chi connectivity index (χ3n) is 4.63. The Morgan fingerprint density at radius 3 is 2.80 bits per heavy atom. The van der Waals surface area contributed by atoms with Gasteiger partial charge in [0.1, 0.15) is 19.0 Å². The maximum Gasteiger partial charge on any atom is 0.206 e. The van der Waals surface area contributed by atoms with Crippen molar-refractivity contribution in [2.75, 3.05) is 26.9 Å². The molecule has 0 N–H and O–H groups in total. The molecule has 0 radical (unpaired) electrons. The summed E-state index contributed by atoms with van der Waals surface area (Å²) in [5.74, 6) is 2.29. The van der Waals surface area contributed by atoms with Crippen LogP contribution in [0.1, 0.15) is 12.5 Å². The summed E-state index contributed by atoms with van der Waals surface area (Å²) in [7, 11) is 1.67. The highest BCUT2D eigenvalue weighted by Gasteiger charge is 2.15. The molecule has 2 heterocycles. The first-order valence-electron chi connectivity index (χ1n) is 9.62. The van der Waals surface area contributed by atoms with Gasteiger partial charge in [-0.25, -0.2) is 4.68 Å². The van der Waals surface area contributed by atoms with Crippen LogP contribution in [0.2, 0.25) is 0 Å². The van der Waals surface area contributed by atoms with Crippen molar-refractivity contribution in [3.8, 4) is 28.5 Å². The number of fused-ring (bicyclic) bond motifs is 1. The Labute approximate surface area is 179 Å². The van der Waals surface area contributed by atoms with E-state index in [0.717, 1.165) is 44.6 Å². The van der Waals surface area contributed by atoms with Gasteiger partial charge >= 0.3 is 0 Å². The van der Waals surface area contributed by atoms with Gasteiger partial charge in [0, 0.05) is 16.5 Å². The summed E-state index contributed by atoms with van der Waals surface area (Å²) in [6.07, 6.45) is 1.77. The number of benzene rings is 2. The van der Waals surface area contributed by atoms with Crippen LogP contribution in [0.15, 0.2) is 70.6 Å². The standard InChI is InChI=1S/C23H23N3O3S/c1-4-11-24-23-26(19(15-30-23)18-7-5-6-8-20(18)27-3)25-16(2)17-9-10-21-22(14-17)29-13-12-28-21/h4-10,14-15H,1,11-13H2,2-3H3. The number of rotatable bonds is 6. The first kappa shape index (κ1) is 20.0. The lowest BCUT2D eigenvalue weighted by Gasteiger charge is -2.18. The van der Waals surface area contributed by atoms with E-state index in [1.165, 1.54) is 11.3 Å². The van der Waals surface area contributed by atoms with Crippen LogP contribution in [-0.2, 0) is 0 Å². The number of para-hydroxylation sites is 1. The summed E-state index contributed by atoms with van der Waals surface area (Å²) in [5.41, 5.74) is 3.66. The monoisotopic (exact) mass is 421 g/mol. The van der Waals surface area contributed by atoms with E-state index in [0.29, 0.717) is 19.8 Å². The van der Waals surface area contributed by atoms with Gasteiger partial charge in [0.2, 0.25) is 4.80 Å². The number of hydrogen-bond acceptors (Lipinski definition) is 6. The Bertz CT molecular complexity index is 1160. The molecule has 154 valence electrons. The second-order valence-corrected chi connectivity index (χ2v) is 7.43. The van der Waals surface area contributed by atoms with Crippen LogP contribution in [0.5, 0.6) is 17.2 Å². The Morgan fingerprint density at radius 1 is 1.20 bits per heavy atom. The number of thiazole rings is 1. The average Bonchev–Trinajstić information content (AvgIpc) is 3.19. The van der Waals surface area contributed by atoms with Gasteiger partial charge in [-0.2, -0.15) is 5.10 Å². The summed E-state index contributed by atoms with van der Waals surface area (Å²) in [6.45, 7) is 7.38. The maximum atomic E-state index is 5.72. The lowest BCUT2D eigenvalue weighted by molar-refractivity contribution is 0.171. The van der Waals surface area contributed by atoms with Crippen LogP contribution in [-0.4, -0.2) is 37.3 Å². The molecule has 6 nitrogen and oxygen atoms in total. The molecule has 0 unspecified atom stereocenters. The lowest BCUT2D eigenvalue weighted by Crippen LogP contribution is -2.16. The highest BCUT2D eigenvalue weighted by molar-refractivity contribution is 7.07. The first-order chi connectivity index (χ1) is 14.7. The highest BCUT2D eigenvalue weighted by atomic mass is 32.1. The molecule has 2 aromatic carbocycles. The normalized spacial score (nSPS) is 13.9. The van der Waals surface area contributed by atoms with Crippen LogP contribution in [0.3, 0.4) is 0 Å². The third kappa shape index (κ3) is 4.02. The van der Waals surface area contributed by atoms with Crippen molar-refractivity contribution in [3.63, 3.8) is 0 Å². The topological polar surface area (TPSA) is 57.3 Å². The van der Waals surface area contributed by atoms with E-state index >= 15 is 0 Å². The number of hydrogen-bond donors (Lipinski definition) is 0. The predicted octanol–water partition coefficient (Wildman–Crippen LogP) is 4.36. The van der Waals surface area contributed by atoms with Crippen LogP contribution < -0.4 is 19.0 Å². The quantitative estimate of drug-likeness (QED) is 0.439. The molecule has 0 atom stereocenters. The van der Waals surface area contributed by atoms with Gasteiger partial charge in [0.25, 0.3) is 0 Å². The summed E-state index contributed by atoms with van der Waals surface area (Å²) >= 11 is 1.53. The van der Waals surface area contributed by atoms with Crippen molar-refractivity contribution in [1.82, 2.24) is 4.68 Å². The molecule has 0 saturated heterocycles. The largest absolute Gasteiger partial charge is 0.496 e. The van der Waals surface area contributed by atoms with Gasteiger partial charge in [-0.1, -0.05) is 18.2 Å². The molecule has 30 heavy (non-hydrogen) atoms. The lowest BCUT2D eigenvalue weighted by atomic mass is 10.1. The molecule has 1 aliphatic rings. The minimum Gasteiger partial charge on any atom is -0.496 e. The van der Waals surface area contributed by atoms with Gasteiger partial charge < -0.3 is 14.2 Å². The van der Waals surface area contributed by atoms with Crippen molar-refractivity contribution in [2.24, 2.45) is 10.1 Å². The highest BCUT2D eigenvalue weighted by Crippen LogP contribution is 2.32. The van der Waals surface area contributed by atoms with Gasteiger partial charge in [0.15, 0.2) is 11.5 Å². The molecule has 3 aromatic rings. The van der Waals surface area contributed by atoms with Crippen LogP contribution in [0.25, 0.3) is 11.3 Å². The molecule has 0 saturated carbocycles. The zero-order valence-corrected chi connectivity index (χ0v) is 17.8. The molecule has 7 heteroatoms. The van der Waals surface area contributed by atoms with Crippen LogP contribution in [0, 0.1) is 0 Å². The number of ether oxygens (including phenoxy) is 3. The van der Waals surface area contributed by atoms with Crippen molar-refractivity contribution < 1.29 is 14.2 Å². The van der Waals surface area contributed by atoms with E-state index in [1.807, 2.05) is 59.4 Å². The maximum absolute atomic E-state index is 5.72. The number of methoxy groups -OCH3 is 1. The number of nitrogens with zero attached hydrogens (tertiary/aromatic N) is 3. The zero-order valence-electron chi connectivity index (χ0n) is 17.0. The predicted molar refractivity (Wildman–Crippen MR) is 120 cm³/mol. The molecule has 0 spiro atoms. The fourth-order valence-electron chi connectivity index (χ4n) is 3.16. The fourth-order valence-corrected chi connectivity index (χ4v) is 4.00.